The summed E-state index contributed by atoms with van der Waals surface area (Å²) in [7, 11) is 0. The number of hydrogen-bond acceptors (Lipinski definition) is 5. The van der Waals surface area contributed by atoms with Crippen molar-refractivity contribution in [3.63, 3.8) is 0 Å². The third-order valence-electron chi connectivity index (χ3n) is 5.69. The van der Waals surface area contributed by atoms with E-state index in [4.69, 9.17) is 11.6 Å². The van der Waals surface area contributed by atoms with Gasteiger partial charge in [0.15, 0.2) is 16.8 Å². The fourth-order valence-electron chi connectivity index (χ4n) is 3.99. The lowest BCUT2D eigenvalue weighted by molar-refractivity contribution is 0.629. The molecule has 0 aliphatic heterocycles. The molecule has 33 heavy (non-hydrogen) atoms. The molecule has 0 bridgehead atoms. The Bertz CT molecular complexity index is 1720. The molecule has 6 aromatic rings. The number of nitrogens with zero attached hydrogens (tertiary/aromatic N) is 6. The molecule has 0 spiro atoms. The van der Waals surface area contributed by atoms with Crippen LogP contribution in [0.4, 0.5) is 4.39 Å². The van der Waals surface area contributed by atoms with Crippen LogP contribution in [-0.2, 0) is 13.0 Å². The van der Waals surface area contributed by atoms with Gasteiger partial charge in [-0.1, -0.05) is 23.7 Å². The monoisotopic (exact) mass is 459 g/mol. The van der Waals surface area contributed by atoms with Crippen molar-refractivity contribution in [2.24, 2.45) is 0 Å². The number of aryl methyl sites for hydroxylation is 2. The first-order valence-electron chi connectivity index (χ1n) is 10.2. The van der Waals surface area contributed by atoms with E-state index < -0.39 is 0 Å². The summed E-state index contributed by atoms with van der Waals surface area (Å²) in [6.45, 7) is 0.361. The number of rotatable bonds is 4. The van der Waals surface area contributed by atoms with Gasteiger partial charge >= 0.3 is 0 Å². The normalized spacial score (nSPS) is 11.7. The van der Waals surface area contributed by atoms with Gasteiger partial charge in [-0.25, -0.2) is 9.37 Å². The minimum absolute atomic E-state index is 0.126. The Morgan fingerprint density at radius 2 is 1.91 bits per heavy atom. The van der Waals surface area contributed by atoms with Gasteiger partial charge in [-0.2, -0.15) is 9.61 Å². The maximum Gasteiger partial charge on any atom is 0.283 e. The van der Waals surface area contributed by atoms with E-state index in [1.807, 2.05) is 18.3 Å². The molecule has 0 radical (unpaired) electrons. The predicted molar refractivity (Wildman–Crippen MR) is 123 cm³/mol. The molecule has 8 nitrogen and oxygen atoms in total. The van der Waals surface area contributed by atoms with Crippen molar-refractivity contribution in [2.45, 2.75) is 13.0 Å². The predicted octanol–water partition coefficient (Wildman–Crippen LogP) is 4.02. The highest BCUT2D eigenvalue weighted by molar-refractivity contribution is 6.30. The molecule has 0 unspecified atom stereocenters. The molecule has 0 aliphatic carbocycles. The summed E-state index contributed by atoms with van der Waals surface area (Å²) in [6, 6.07) is 11.9. The SMILES string of the molecule is O=c1c2nnc3c(-c4ccc(Cl)cc4)cnn3c2ncn1CCc1c[nH]c2ccc(F)cc12. The highest BCUT2D eigenvalue weighted by Crippen LogP contribution is 2.25. The molecule has 0 aliphatic rings. The van der Waals surface area contributed by atoms with Gasteiger partial charge in [0.2, 0.25) is 0 Å². The van der Waals surface area contributed by atoms with E-state index in [0.29, 0.717) is 29.3 Å². The number of H-pyrrole nitrogens is 1. The summed E-state index contributed by atoms with van der Waals surface area (Å²) in [6.07, 6.45) is 5.49. The van der Waals surface area contributed by atoms with Crippen LogP contribution in [0.15, 0.2) is 66.0 Å². The highest BCUT2D eigenvalue weighted by Gasteiger charge is 2.16. The van der Waals surface area contributed by atoms with E-state index >= 15 is 0 Å². The molecule has 0 amide bonds. The second-order valence-corrected chi connectivity index (χ2v) is 8.11. The van der Waals surface area contributed by atoms with Gasteiger partial charge in [-0.15, -0.1) is 10.2 Å². The summed E-state index contributed by atoms with van der Waals surface area (Å²) >= 11 is 5.98. The zero-order valence-electron chi connectivity index (χ0n) is 17.0. The molecular formula is C23H15ClFN7O. The highest BCUT2D eigenvalue weighted by atomic mass is 35.5. The van der Waals surface area contributed by atoms with Crippen LogP contribution in [-0.4, -0.2) is 34.3 Å². The van der Waals surface area contributed by atoms with Gasteiger partial charge in [0.05, 0.1) is 6.20 Å². The quantitative estimate of drug-likeness (QED) is 0.430. The van der Waals surface area contributed by atoms with Crippen LogP contribution in [0.2, 0.25) is 5.02 Å². The summed E-state index contributed by atoms with van der Waals surface area (Å²) in [5, 5.41) is 14.2. The number of halogens is 2. The Hall–Kier alpha value is -4.11. The van der Waals surface area contributed by atoms with Crippen LogP contribution < -0.4 is 5.56 Å². The molecule has 162 valence electrons. The van der Waals surface area contributed by atoms with Crippen LogP contribution in [0.3, 0.4) is 0 Å². The molecule has 2 aromatic carbocycles. The third-order valence-corrected chi connectivity index (χ3v) is 5.94. The topological polar surface area (TPSA) is 93.8 Å². The smallest absolute Gasteiger partial charge is 0.283 e. The van der Waals surface area contributed by atoms with E-state index in [-0.39, 0.29) is 16.9 Å². The van der Waals surface area contributed by atoms with Crippen molar-refractivity contribution in [1.82, 2.24) is 34.3 Å². The van der Waals surface area contributed by atoms with E-state index in [1.54, 1.807) is 24.4 Å². The van der Waals surface area contributed by atoms with Crippen LogP contribution in [0.5, 0.6) is 0 Å². The van der Waals surface area contributed by atoms with Crippen LogP contribution in [0, 0.1) is 5.82 Å². The second kappa shape index (κ2) is 7.49. The molecule has 1 N–H and O–H groups in total. The first-order valence-corrected chi connectivity index (χ1v) is 10.6. The van der Waals surface area contributed by atoms with Crippen molar-refractivity contribution >= 4 is 39.3 Å². The lowest BCUT2D eigenvalue weighted by atomic mass is 10.1. The average molecular weight is 460 g/mol. The molecule has 6 rings (SSSR count). The van der Waals surface area contributed by atoms with Gasteiger partial charge in [0.25, 0.3) is 5.56 Å². The number of aromatic amines is 1. The third kappa shape index (κ3) is 3.25. The van der Waals surface area contributed by atoms with Crippen LogP contribution in [0.25, 0.3) is 38.8 Å². The molecule has 0 saturated heterocycles. The van der Waals surface area contributed by atoms with Gasteiger partial charge in [-0.3, -0.25) is 9.36 Å². The molecule has 4 heterocycles. The number of benzene rings is 2. The molecular weight excluding hydrogens is 445 g/mol. The maximum absolute atomic E-state index is 13.6. The second-order valence-electron chi connectivity index (χ2n) is 7.67. The Morgan fingerprint density at radius 1 is 1.06 bits per heavy atom. The Kier molecular flexibility index (Phi) is 4.44. The molecule has 4 aromatic heterocycles. The van der Waals surface area contributed by atoms with E-state index in [2.05, 4.69) is 25.3 Å². The maximum atomic E-state index is 13.6. The number of hydrogen-bond donors (Lipinski definition) is 1. The summed E-state index contributed by atoms with van der Waals surface area (Å²) < 4.78 is 16.6. The summed E-state index contributed by atoms with van der Waals surface area (Å²) in [4.78, 5) is 20.6. The Morgan fingerprint density at radius 3 is 2.76 bits per heavy atom. The number of nitrogens with one attached hydrogen (secondary N) is 1. The minimum Gasteiger partial charge on any atom is -0.361 e. The molecule has 10 heteroatoms. The van der Waals surface area contributed by atoms with Gasteiger partial charge < -0.3 is 4.98 Å². The molecule has 0 atom stereocenters. The zero-order chi connectivity index (χ0) is 22.5. The van der Waals surface area contributed by atoms with Crippen molar-refractivity contribution < 1.29 is 4.39 Å². The fraction of sp³-hybridized carbons (Fsp3) is 0.0870. The Balaban J connectivity index is 1.37. The first kappa shape index (κ1) is 19.6. The average Bonchev–Trinajstić information content (AvgIpc) is 3.43. The minimum atomic E-state index is -0.316. The standard InChI is InChI=1S/C23H15ClFN7O/c24-15-3-1-13(2-4-15)18-11-28-32-21(18)30-29-20-22(32)27-12-31(23(20)33)8-7-14-10-26-19-6-5-16(25)9-17(14)19/h1-6,9-12,26H,7-8H2. The largest absolute Gasteiger partial charge is 0.361 e. The van der Waals surface area contributed by atoms with Gasteiger partial charge in [-0.05, 0) is 47.9 Å². The zero-order valence-corrected chi connectivity index (χ0v) is 17.8. The Labute approximate surface area is 190 Å². The van der Waals surface area contributed by atoms with Crippen LogP contribution in [0.1, 0.15) is 5.56 Å². The van der Waals surface area contributed by atoms with Crippen molar-refractivity contribution in [1.29, 1.82) is 0 Å². The molecule has 0 fully saturated rings. The summed E-state index contributed by atoms with van der Waals surface area (Å²) in [5.41, 5.74) is 4.04. The number of fused-ring (bicyclic) bond motifs is 4. The van der Waals surface area contributed by atoms with Gasteiger partial charge in [0, 0.05) is 34.2 Å². The summed E-state index contributed by atoms with van der Waals surface area (Å²) in [5.74, 6) is -0.302. The van der Waals surface area contributed by atoms with E-state index in [9.17, 15) is 9.18 Å². The lowest BCUT2D eigenvalue weighted by Gasteiger charge is -2.06. The molecule has 0 saturated carbocycles. The van der Waals surface area contributed by atoms with Gasteiger partial charge in [0.1, 0.15) is 12.1 Å². The lowest BCUT2D eigenvalue weighted by Crippen LogP contribution is -2.23. The van der Waals surface area contributed by atoms with Crippen molar-refractivity contribution in [3.8, 4) is 11.1 Å². The number of aromatic nitrogens is 7. The van der Waals surface area contributed by atoms with Crippen molar-refractivity contribution in [2.75, 3.05) is 0 Å². The fourth-order valence-corrected chi connectivity index (χ4v) is 4.12. The van der Waals surface area contributed by atoms with Crippen molar-refractivity contribution in [3.05, 3.63) is 87.9 Å². The van der Waals surface area contributed by atoms with E-state index in [1.165, 1.54) is 27.5 Å². The van der Waals surface area contributed by atoms with Crippen LogP contribution >= 0.6 is 11.6 Å². The van der Waals surface area contributed by atoms with E-state index in [0.717, 1.165) is 27.6 Å². The first-order chi connectivity index (χ1) is 16.1.